The molecule has 2 N–H and O–H groups in total. The van der Waals surface area contributed by atoms with E-state index in [1.807, 2.05) is 0 Å². The number of para-hydroxylation sites is 1. The van der Waals surface area contributed by atoms with Gasteiger partial charge in [0, 0.05) is 6.54 Å². The Balaban J connectivity index is 2.41. The lowest BCUT2D eigenvalue weighted by Gasteiger charge is -2.10. The van der Waals surface area contributed by atoms with E-state index >= 15 is 0 Å². The number of rotatable bonds is 7. The minimum atomic E-state index is -0.318. The van der Waals surface area contributed by atoms with Crippen molar-refractivity contribution in [3.63, 3.8) is 0 Å². The van der Waals surface area contributed by atoms with Gasteiger partial charge < -0.3 is 15.4 Å². The molecule has 0 heterocycles. The Kier molecular flexibility index (Phi) is 6.56. The Bertz CT molecular complexity index is 458. The predicted octanol–water partition coefficient (Wildman–Crippen LogP) is 1.59. The van der Waals surface area contributed by atoms with Crippen molar-refractivity contribution in [1.82, 2.24) is 10.6 Å². The van der Waals surface area contributed by atoms with Crippen LogP contribution in [0.3, 0.4) is 0 Å². The molecule has 0 saturated heterocycles. The molecule has 0 fully saturated rings. The zero-order chi connectivity index (χ0) is 15.0. The van der Waals surface area contributed by atoms with E-state index < -0.39 is 0 Å². The fourth-order valence-electron chi connectivity index (χ4n) is 1.65. The first-order valence-corrected chi connectivity index (χ1v) is 6.72. The molecule has 0 aromatic heterocycles. The van der Waals surface area contributed by atoms with E-state index in [0.29, 0.717) is 23.8 Å². The van der Waals surface area contributed by atoms with Gasteiger partial charge in [0.25, 0.3) is 5.91 Å². The van der Waals surface area contributed by atoms with E-state index in [2.05, 4.69) is 24.5 Å². The first-order chi connectivity index (χ1) is 9.54. The summed E-state index contributed by atoms with van der Waals surface area (Å²) < 4.78 is 5.10. The van der Waals surface area contributed by atoms with Gasteiger partial charge in [-0.3, -0.25) is 9.59 Å². The molecule has 110 valence electrons. The molecule has 1 rings (SSSR count). The van der Waals surface area contributed by atoms with Crippen LogP contribution in [-0.2, 0) is 4.79 Å². The lowest BCUT2D eigenvalue weighted by molar-refractivity contribution is -0.120. The quantitative estimate of drug-likeness (QED) is 0.796. The molecule has 5 heteroatoms. The highest BCUT2D eigenvalue weighted by Gasteiger charge is 2.12. The third-order valence-corrected chi connectivity index (χ3v) is 2.80. The second kappa shape index (κ2) is 8.19. The van der Waals surface area contributed by atoms with Crippen LogP contribution in [-0.4, -0.2) is 32.0 Å². The monoisotopic (exact) mass is 278 g/mol. The van der Waals surface area contributed by atoms with Crippen molar-refractivity contribution < 1.29 is 14.3 Å². The number of amides is 2. The minimum Gasteiger partial charge on any atom is -0.496 e. The van der Waals surface area contributed by atoms with Gasteiger partial charge in [0.2, 0.25) is 5.91 Å². The first-order valence-electron chi connectivity index (χ1n) is 6.72. The average molecular weight is 278 g/mol. The van der Waals surface area contributed by atoms with E-state index in [1.54, 1.807) is 24.3 Å². The van der Waals surface area contributed by atoms with Gasteiger partial charge in [-0.25, -0.2) is 0 Å². The van der Waals surface area contributed by atoms with E-state index in [4.69, 9.17) is 4.74 Å². The van der Waals surface area contributed by atoms with Crippen molar-refractivity contribution in [1.29, 1.82) is 0 Å². The van der Waals surface area contributed by atoms with Crippen LogP contribution in [0.15, 0.2) is 24.3 Å². The molecular formula is C15H22N2O3. The van der Waals surface area contributed by atoms with Gasteiger partial charge in [0.05, 0.1) is 19.2 Å². The summed E-state index contributed by atoms with van der Waals surface area (Å²) in [4.78, 5) is 23.5. The molecule has 0 unspecified atom stereocenters. The summed E-state index contributed by atoms with van der Waals surface area (Å²) in [5.74, 6) is 0.527. The van der Waals surface area contributed by atoms with Crippen molar-refractivity contribution in [2.45, 2.75) is 20.3 Å². The molecular weight excluding hydrogens is 256 g/mol. The van der Waals surface area contributed by atoms with Crippen molar-refractivity contribution in [3.8, 4) is 5.75 Å². The molecule has 0 aliphatic heterocycles. The largest absolute Gasteiger partial charge is 0.496 e. The molecule has 0 bridgehead atoms. The van der Waals surface area contributed by atoms with Crippen LogP contribution in [0, 0.1) is 5.92 Å². The molecule has 0 spiro atoms. The van der Waals surface area contributed by atoms with Crippen LogP contribution >= 0.6 is 0 Å². The van der Waals surface area contributed by atoms with Crippen molar-refractivity contribution >= 4 is 11.8 Å². The summed E-state index contributed by atoms with van der Waals surface area (Å²) in [6, 6.07) is 6.90. The Morgan fingerprint density at radius 3 is 2.55 bits per heavy atom. The van der Waals surface area contributed by atoms with Crippen LogP contribution in [0.5, 0.6) is 5.75 Å². The maximum absolute atomic E-state index is 11.9. The number of hydrogen-bond acceptors (Lipinski definition) is 3. The molecule has 0 saturated carbocycles. The van der Waals surface area contributed by atoms with Gasteiger partial charge in [0.1, 0.15) is 5.75 Å². The Hall–Kier alpha value is -2.04. The smallest absolute Gasteiger partial charge is 0.255 e. The number of methoxy groups -OCH3 is 1. The van der Waals surface area contributed by atoms with Gasteiger partial charge in [-0.15, -0.1) is 0 Å². The number of benzene rings is 1. The Labute approximate surface area is 119 Å². The number of ether oxygens (including phenoxy) is 1. The minimum absolute atomic E-state index is 0.0328. The van der Waals surface area contributed by atoms with E-state index in [-0.39, 0.29) is 18.4 Å². The zero-order valence-electron chi connectivity index (χ0n) is 12.2. The second-order valence-electron chi connectivity index (χ2n) is 4.92. The van der Waals surface area contributed by atoms with Gasteiger partial charge in [-0.1, -0.05) is 26.0 Å². The summed E-state index contributed by atoms with van der Waals surface area (Å²) in [6.45, 7) is 4.78. The van der Waals surface area contributed by atoms with Gasteiger partial charge in [-0.05, 0) is 24.5 Å². The summed E-state index contributed by atoms with van der Waals surface area (Å²) in [5.41, 5.74) is 0.421. The number of nitrogens with one attached hydrogen (secondary N) is 2. The fraction of sp³-hybridized carbons (Fsp3) is 0.467. The van der Waals surface area contributed by atoms with Crippen LogP contribution in [0.1, 0.15) is 30.6 Å². The molecule has 0 aliphatic rings. The highest BCUT2D eigenvalue weighted by molar-refractivity contribution is 5.98. The summed E-state index contributed by atoms with van der Waals surface area (Å²) in [5, 5.41) is 5.35. The van der Waals surface area contributed by atoms with Crippen molar-refractivity contribution in [3.05, 3.63) is 29.8 Å². The predicted molar refractivity (Wildman–Crippen MR) is 77.8 cm³/mol. The van der Waals surface area contributed by atoms with E-state index in [9.17, 15) is 9.59 Å². The summed E-state index contributed by atoms with van der Waals surface area (Å²) in [6.07, 6.45) is 0.923. The van der Waals surface area contributed by atoms with Crippen LogP contribution in [0.2, 0.25) is 0 Å². The second-order valence-corrected chi connectivity index (χ2v) is 4.92. The highest BCUT2D eigenvalue weighted by atomic mass is 16.5. The van der Waals surface area contributed by atoms with Gasteiger partial charge in [0.15, 0.2) is 0 Å². The molecule has 1 aromatic carbocycles. The topological polar surface area (TPSA) is 67.4 Å². The lowest BCUT2D eigenvalue weighted by Crippen LogP contribution is -2.37. The van der Waals surface area contributed by atoms with Crippen molar-refractivity contribution in [2.75, 3.05) is 20.2 Å². The summed E-state index contributed by atoms with van der Waals surface area (Å²) in [7, 11) is 1.50. The van der Waals surface area contributed by atoms with Gasteiger partial charge >= 0.3 is 0 Å². The number of carbonyl (C=O) groups is 2. The van der Waals surface area contributed by atoms with E-state index in [0.717, 1.165) is 6.42 Å². The van der Waals surface area contributed by atoms with Crippen LogP contribution < -0.4 is 15.4 Å². The molecule has 0 atom stereocenters. The molecule has 5 nitrogen and oxygen atoms in total. The molecule has 20 heavy (non-hydrogen) atoms. The summed E-state index contributed by atoms with van der Waals surface area (Å²) >= 11 is 0. The SMILES string of the molecule is COc1ccccc1C(=O)NCC(=O)NCCC(C)C. The highest BCUT2D eigenvalue weighted by Crippen LogP contribution is 2.16. The zero-order valence-corrected chi connectivity index (χ0v) is 12.2. The number of carbonyl (C=O) groups excluding carboxylic acids is 2. The van der Waals surface area contributed by atoms with Crippen LogP contribution in [0.25, 0.3) is 0 Å². The van der Waals surface area contributed by atoms with E-state index in [1.165, 1.54) is 7.11 Å². The number of hydrogen-bond donors (Lipinski definition) is 2. The fourth-order valence-corrected chi connectivity index (χ4v) is 1.65. The van der Waals surface area contributed by atoms with Gasteiger partial charge in [-0.2, -0.15) is 0 Å². The maximum atomic E-state index is 11.9. The molecule has 2 amide bonds. The lowest BCUT2D eigenvalue weighted by atomic mass is 10.1. The maximum Gasteiger partial charge on any atom is 0.255 e. The molecule has 1 aromatic rings. The third kappa shape index (κ3) is 5.30. The molecule has 0 aliphatic carbocycles. The van der Waals surface area contributed by atoms with Crippen molar-refractivity contribution in [2.24, 2.45) is 5.92 Å². The van der Waals surface area contributed by atoms with Crippen LogP contribution in [0.4, 0.5) is 0 Å². The normalized spacial score (nSPS) is 10.2. The molecule has 0 radical (unpaired) electrons. The average Bonchev–Trinajstić information content (AvgIpc) is 2.44. The Morgan fingerprint density at radius 1 is 1.20 bits per heavy atom. The standard InChI is InChI=1S/C15H22N2O3/c1-11(2)8-9-16-14(18)10-17-15(19)12-6-4-5-7-13(12)20-3/h4-7,11H,8-10H2,1-3H3,(H,16,18)(H,17,19). The Morgan fingerprint density at radius 2 is 1.90 bits per heavy atom. The first kappa shape index (κ1) is 16.0. The third-order valence-electron chi connectivity index (χ3n) is 2.80.